The molecule has 2 aromatic rings. The number of para-hydroxylation sites is 1. The highest BCUT2D eigenvalue weighted by Crippen LogP contribution is 2.22. The molecule has 0 amide bonds. The number of ketones is 1. The lowest BCUT2D eigenvalue weighted by molar-refractivity contribution is -0.149. The third kappa shape index (κ3) is 3.96. The molecule has 5 heteroatoms. The number of carbonyl (C=O) groups excluding carboxylic acids is 2. The Kier molecular flexibility index (Phi) is 4.93. The van der Waals surface area contributed by atoms with E-state index < -0.39 is 11.8 Å². The van der Waals surface area contributed by atoms with Gasteiger partial charge in [-0.15, -0.1) is 0 Å². The normalized spacial score (nSPS) is 10.9. The summed E-state index contributed by atoms with van der Waals surface area (Å²) >= 11 is 0. The molecule has 0 fully saturated rings. The van der Waals surface area contributed by atoms with Gasteiger partial charge in [0.05, 0.1) is 7.11 Å². The molecule has 0 unspecified atom stereocenters. The molecule has 0 saturated carbocycles. The summed E-state index contributed by atoms with van der Waals surface area (Å²) in [4.78, 5) is 22.3. The maximum atomic E-state index is 11.3. The highest BCUT2D eigenvalue weighted by Gasteiger charge is 2.12. The fourth-order valence-corrected chi connectivity index (χ4v) is 1.69. The van der Waals surface area contributed by atoms with Crippen molar-refractivity contribution >= 4 is 17.5 Å². The zero-order valence-corrected chi connectivity index (χ0v) is 11.9. The lowest BCUT2D eigenvalue weighted by Crippen LogP contribution is -2.13. The molecule has 0 heterocycles. The zero-order valence-electron chi connectivity index (χ0n) is 11.9. The monoisotopic (exact) mass is 298 g/mol. The molecule has 0 atom stereocenters. The maximum absolute atomic E-state index is 11.3. The first-order valence-electron chi connectivity index (χ1n) is 6.46. The van der Waals surface area contributed by atoms with Gasteiger partial charge in [0.1, 0.15) is 17.3 Å². The highest BCUT2D eigenvalue weighted by atomic mass is 16.5. The lowest BCUT2D eigenvalue weighted by atomic mass is 10.1. The number of esters is 1. The molecule has 0 aromatic heterocycles. The van der Waals surface area contributed by atoms with Crippen molar-refractivity contribution in [2.75, 3.05) is 7.11 Å². The quantitative estimate of drug-likeness (QED) is 0.397. The summed E-state index contributed by atoms with van der Waals surface area (Å²) in [5.74, 6) is -1.00. The average Bonchev–Trinajstić information content (AvgIpc) is 2.55. The molecule has 0 radical (unpaired) electrons. The molecule has 0 bridgehead atoms. The number of aliphatic hydroxyl groups excluding tert-OH is 1. The van der Waals surface area contributed by atoms with Crippen molar-refractivity contribution in [3.05, 3.63) is 66.2 Å². The predicted octanol–water partition coefficient (Wildman–Crippen LogP) is 3.12. The number of rotatable bonds is 5. The van der Waals surface area contributed by atoms with Gasteiger partial charge in [-0.05, 0) is 36.4 Å². The Labute approximate surface area is 127 Å². The van der Waals surface area contributed by atoms with Gasteiger partial charge in [-0.1, -0.05) is 18.2 Å². The Morgan fingerprint density at radius 2 is 1.55 bits per heavy atom. The van der Waals surface area contributed by atoms with E-state index >= 15 is 0 Å². The number of methoxy groups -OCH3 is 1. The van der Waals surface area contributed by atoms with Gasteiger partial charge in [-0.3, -0.25) is 4.79 Å². The lowest BCUT2D eigenvalue weighted by Gasteiger charge is -2.06. The minimum atomic E-state index is -1.03. The van der Waals surface area contributed by atoms with Crippen molar-refractivity contribution in [2.24, 2.45) is 0 Å². The molecule has 0 saturated heterocycles. The fraction of sp³-hybridized carbons (Fsp3) is 0.0588. The molecule has 0 aliphatic rings. The summed E-state index contributed by atoms with van der Waals surface area (Å²) in [5, 5.41) is 9.81. The van der Waals surface area contributed by atoms with E-state index in [1.165, 1.54) is 0 Å². The van der Waals surface area contributed by atoms with Crippen LogP contribution in [0.15, 0.2) is 60.7 Å². The summed E-state index contributed by atoms with van der Waals surface area (Å²) in [6.07, 6.45) is 0.818. The fourth-order valence-electron chi connectivity index (χ4n) is 1.69. The number of benzene rings is 2. The van der Waals surface area contributed by atoms with Crippen LogP contribution < -0.4 is 4.74 Å². The second-order valence-corrected chi connectivity index (χ2v) is 4.32. The first-order chi connectivity index (χ1) is 10.6. The Balaban J connectivity index is 2.10. The summed E-state index contributed by atoms with van der Waals surface area (Å²) in [6.45, 7) is 0. The van der Waals surface area contributed by atoms with E-state index in [0.29, 0.717) is 17.1 Å². The van der Waals surface area contributed by atoms with Crippen LogP contribution in [0, 0.1) is 0 Å². The molecular weight excluding hydrogens is 284 g/mol. The largest absolute Gasteiger partial charge is 0.507 e. The Morgan fingerprint density at radius 1 is 0.955 bits per heavy atom. The number of carbonyl (C=O) groups is 2. The van der Waals surface area contributed by atoms with E-state index in [4.69, 9.17) is 4.74 Å². The number of ether oxygens (including phenoxy) is 2. The van der Waals surface area contributed by atoms with Gasteiger partial charge in [0, 0.05) is 11.6 Å². The van der Waals surface area contributed by atoms with Crippen LogP contribution in [0.5, 0.6) is 11.5 Å². The van der Waals surface area contributed by atoms with Gasteiger partial charge in [-0.25, -0.2) is 4.79 Å². The molecule has 0 aliphatic carbocycles. The van der Waals surface area contributed by atoms with E-state index in [1.54, 1.807) is 24.3 Å². The molecule has 0 spiro atoms. The van der Waals surface area contributed by atoms with Crippen LogP contribution in [0.2, 0.25) is 0 Å². The van der Waals surface area contributed by atoms with Gasteiger partial charge >= 0.3 is 5.97 Å². The number of hydrogen-bond acceptors (Lipinski definition) is 5. The average molecular weight is 298 g/mol. The van der Waals surface area contributed by atoms with Crippen molar-refractivity contribution in [2.45, 2.75) is 0 Å². The first-order valence-corrected chi connectivity index (χ1v) is 6.46. The van der Waals surface area contributed by atoms with Gasteiger partial charge in [0.25, 0.3) is 5.78 Å². The second kappa shape index (κ2) is 7.08. The number of hydrogen-bond donors (Lipinski definition) is 1. The van der Waals surface area contributed by atoms with Gasteiger partial charge in [0.15, 0.2) is 0 Å². The van der Waals surface area contributed by atoms with Gasteiger partial charge in [0.2, 0.25) is 0 Å². The molecular formula is C17H14O5. The third-order valence-corrected chi connectivity index (χ3v) is 2.78. The van der Waals surface area contributed by atoms with Crippen LogP contribution in [-0.4, -0.2) is 24.0 Å². The Hall–Kier alpha value is -3.08. The molecule has 22 heavy (non-hydrogen) atoms. The highest BCUT2D eigenvalue weighted by molar-refractivity contribution is 6.39. The minimum Gasteiger partial charge on any atom is -0.507 e. The third-order valence-electron chi connectivity index (χ3n) is 2.78. The van der Waals surface area contributed by atoms with Crippen LogP contribution in [0.3, 0.4) is 0 Å². The van der Waals surface area contributed by atoms with E-state index in [0.717, 1.165) is 13.2 Å². The van der Waals surface area contributed by atoms with E-state index in [-0.39, 0.29) is 5.76 Å². The molecule has 2 rings (SSSR count). The molecule has 2 aromatic carbocycles. The van der Waals surface area contributed by atoms with E-state index in [9.17, 15) is 14.7 Å². The SMILES string of the molecule is COC(=O)C(=O)/C=C(\O)c1ccc(Oc2ccccc2)cc1. The second-order valence-electron chi connectivity index (χ2n) is 4.32. The predicted molar refractivity (Wildman–Crippen MR) is 80.6 cm³/mol. The Bertz CT molecular complexity index is 687. The van der Waals surface area contributed by atoms with Crippen LogP contribution in [-0.2, 0) is 14.3 Å². The van der Waals surface area contributed by atoms with Crippen LogP contribution >= 0.6 is 0 Å². The molecule has 112 valence electrons. The summed E-state index contributed by atoms with van der Waals surface area (Å²) in [6, 6.07) is 15.7. The van der Waals surface area contributed by atoms with Crippen molar-refractivity contribution in [1.82, 2.24) is 0 Å². The molecule has 1 N–H and O–H groups in total. The molecule has 5 nitrogen and oxygen atoms in total. The Morgan fingerprint density at radius 3 is 2.14 bits per heavy atom. The summed E-state index contributed by atoms with van der Waals surface area (Å²) < 4.78 is 9.88. The van der Waals surface area contributed by atoms with E-state index in [1.807, 2.05) is 30.3 Å². The summed E-state index contributed by atoms with van der Waals surface area (Å²) in [7, 11) is 1.10. The zero-order chi connectivity index (χ0) is 15.9. The van der Waals surface area contributed by atoms with Gasteiger partial charge in [-0.2, -0.15) is 0 Å². The van der Waals surface area contributed by atoms with Crippen molar-refractivity contribution in [1.29, 1.82) is 0 Å². The van der Waals surface area contributed by atoms with Crippen LogP contribution in [0.1, 0.15) is 5.56 Å². The molecule has 0 aliphatic heterocycles. The maximum Gasteiger partial charge on any atom is 0.378 e. The van der Waals surface area contributed by atoms with Crippen molar-refractivity contribution in [3.63, 3.8) is 0 Å². The summed E-state index contributed by atoms with van der Waals surface area (Å²) in [5.41, 5.74) is 0.387. The smallest absolute Gasteiger partial charge is 0.378 e. The van der Waals surface area contributed by atoms with E-state index in [2.05, 4.69) is 4.74 Å². The van der Waals surface area contributed by atoms with Crippen LogP contribution in [0.4, 0.5) is 0 Å². The minimum absolute atomic E-state index is 0.318. The van der Waals surface area contributed by atoms with Crippen LogP contribution in [0.25, 0.3) is 5.76 Å². The topological polar surface area (TPSA) is 72.8 Å². The first kappa shape index (κ1) is 15.3. The van der Waals surface area contributed by atoms with Crippen molar-refractivity contribution < 1.29 is 24.2 Å². The standard InChI is InChI=1S/C17H14O5/c1-21-17(20)16(19)11-15(18)12-7-9-14(10-8-12)22-13-5-3-2-4-6-13/h2-11,18H,1H3/b15-11-. The van der Waals surface area contributed by atoms with Gasteiger partial charge < -0.3 is 14.6 Å². The van der Waals surface area contributed by atoms with Crippen molar-refractivity contribution in [3.8, 4) is 11.5 Å². The number of aliphatic hydroxyl groups is 1.